The lowest BCUT2D eigenvalue weighted by atomic mass is 10.4. The van der Waals surface area contributed by atoms with Gasteiger partial charge < -0.3 is 9.64 Å². The van der Waals surface area contributed by atoms with E-state index in [9.17, 15) is 0 Å². The summed E-state index contributed by atoms with van der Waals surface area (Å²) in [6.07, 6.45) is 3.42. The minimum absolute atomic E-state index is 0.712. The largest absolute Gasteiger partial charge is 0.378 e. The van der Waals surface area contributed by atoms with Crippen LogP contribution < -0.4 is 4.90 Å². The lowest BCUT2D eigenvalue weighted by Crippen LogP contribution is -2.36. The maximum atomic E-state index is 5.25. The van der Waals surface area contributed by atoms with Crippen molar-refractivity contribution < 1.29 is 4.74 Å². The summed E-state index contributed by atoms with van der Waals surface area (Å²) in [5.41, 5.74) is 0.712. The summed E-state index contributed by atoms with van der Waals surface area (Å²) in [6.45, 7) is 7.05. The van der Waals surface area contributed by atoms with Crippen LogP contribution in [0.4, 0.5) is 5.82 Å². The van der Waals surface area contributed by atoms with E-state index in [4.69, 9.17) is 4.74 Å². The van der Waals surface area contributed by atoms with E-state index in [0.29, 0.717) is 5.69 Å². The van der Waals surface area contributed by atoms with Crippen molar-refractivity contribution in [3.05, 3.63) is 25.0 Å². The minimum atomic E-state index is 0.712. The zero-order chi connectivity index (χ0) is 9.10. The van der Waals surface area contributed by atoms with E-state index in [1.807, 2.05) is 0 Å². The standard InChI is InChI=1S/C9H12N3O/c1-8-6-10-7-9(11-8)12-2-4-13-5-3-12/h6-7H,1-5H2. The Hall–Kier alpha value is -1.16. The summed E-state index contributed by atoms with van der Waals surface area (Å²) in [7, 11) is 0. The zero-order valence-electron chi connectivity index (χ0n) is 7.44. The van der Waals surface area contributed by atoms with Crippen LogP contribution >= 0.6 is 0 Å². The van der Waals surface area contributed by atoms with Gasteiger partial charge in [-0.15, -0.1) is 0 Å². The van der Waals surface area contributed by atoms with Gasteiger partial charge in [-0.3, -0.25) is 4.98 Å². The third-order valence-corrected chi connectivity index (χ3v) is 2.01. The van der Waals surface area contributed by atoms with E-state index in [1.54, 1.807) is 12.4 Å². The van der Waals surface area contributed by atoms with Crippen molar-refractivity contribution in [1.29, 1.82) is 0 Å². The number of aromatic nitrogens is 2. The number of rotatable bonds is 1. The van der Waals surface area contributed by atoms with Gasteiger partial charge in [-0.25, -0.2) is 4.98 Å². The molecule has 1 radical (unpaired) electrons. The number of morpholine rings is 1. The van der Waals surface area contributed by atoms with Crippen LogP contribution in [-0.2, 0) is 4.74 Å². The summed E-state index contributed by atoms with van der Waals surface area (Å²) in [5, 5.41) is 0. The third-order valence-electron chi connectivity index (χ3n) is 2.01. The van der Waals surface area contributed by atoms with Gasteiger partial charge in [0.05, 0.1) is 25.1 Å². The molecule has 0 unspecified atom stereocenters. The Kier molecular flexibility index (Phi) is 2.40. The molecule has 1 aliphatic rings. The molecule has 0 aliphatic carbocycles. The first-order valence-electron chi connectivity index (χ1n) is 4.33. The number of ether oxygens (including phenoxy) is 1. The Balaban J connectivity index is 2.14. The van der Waals surface area contributed by atoms with Crippen LogP contribution in [0.3, 0.4) is 0 Å². The molecule has 0 amide bonds. The summed E-state index contributed by atoms with van der Waals surface area (Å²) >= 11 is 0. The highest BCUT2D eigenvalue weighted by Gasteiger charge is 2.11. The second kappa shape index (κ2) is 3.70. The molecule has 0 aromatic carbocycles. The van der Waals surface area contributed by atoms with Gasteiger partial charge in [0.2, 0.25) is 0 Å². The topological polar surface area (TPSA) is 38.2 Å². The second-order valence-corrected chi connectivity index (χ2v) is 2.97. The highest BCUT2D eigenvalue weighted by atomic mass is 16.5. The molecule has 0 spiro atoms. The SMILES string of the molecule is [CH2]c1cncc(N2CCOCC2)n1. The molecule has 1 aliphatic heterocycles. The molecule has 1 aromatic rings. The van der Waals surface area contributed by atoms with Gasteiger partial charge in [0.1, 0.15) is 5.82 Å². The fourth-order valence-corrected chi connectivity index (χ4v) is 1.34. The van der Waals surface area contributed by atoms with Crippen molar-refractivity contribution in [1.82, 2.24) is 9.97 Å². The Morgan fingerprint density at radius 2 is 2.08 bits per heavy atom. The van der Waals surface area contributed by atoms with E-state index >= 15 is 0 Å². The molecule has 0 bridgehead atoms. The summed E-state index contributed by atoms with van der Waals surface area (Å²) in [5.74, 6) is 0.899. The second-order valence-electron chi connectivity index (χ2n) is 2.97. The van der Waals surface area contributed by atoms with Crippen LogP contribution in [0.25, 0.3) is 0 Å². The van der Waals surface area contributed by atoms with Gasteiger partial charge in [0.25, 0.3) is 0 Å². The maximum Gasteiger partial charge on any atom is 0.147 e. The van der Waals surface area contributed by atoms with Crippen LogP contribution in [0.15, 0.2) is 12.4 Å². The lowest BCUT2D eigenvalue weighted by Gasteiger charge is -2.27. The molecule has 1 aromatic heterocycles. The van der Waals surface area contributed by atoms with Crippen LogP contribution in [0.1, 0.15) is 5.69 Å². The molecule has 1 saturated heterocycles. The average molecular weight is 178 g/mol. The van der Waals surface area contributed by atoms with Gasteiger partial charge in [0, 0.05) is 19.3 Å². The van der Waals surface area contributed by atoms with Gasteiger partial charge >= 0.3 is 0 Å². The normalized spacial score (nSPS) is 17.5. The molecule has 0 atom stereocenters. The molecule has 0 N–H and O–H groups in total. The first kappa shape index (κ1) is 8.44. The molecule has 4 heteroatoms. The zero-order valence-corrected chi connectivity index (χ0v) is 7.44. The third kappa shape index (κ3) is 1.95. The minimum Gasteiger partial charge on any atom is -0.378 e. The monoisotopic (exact) mass is 178 g/mol. The smallest absolute Gasteiger partial charge is 0.147 e. The van der Waals surface area contributed by atoms with Gasteiger partial charge in [0.15, 0.2) is 0 Å². The molecule has 2 heterocycles. The molecule has 13 heavy (non-hydrogen) atoms. The predicted octanol–water partition coefficient (Wildman–Crippen LogP) is 0.495. The van der Waals surface area contributed by atoms with Crippen molar-refractivity contribution in [2.24, 2.45) is 0 Å². The van der Waals surface area contributed by atoms with Gasteiger partial charge in [-0.05, 0) is 6.92 Å². The molecule has 0 saturated carbocycles. The highest BCUT2D eigenvalue weighted by Crippen LogP contribution is 2.10. The first-order valence-corrected chi connectivity index (χ1v) is 4.33. The number of nitrogens with zero attached hydrogens (tertiary/aromatic N) is 3. The molecule has 2 rings (SSSR count). The van der Waals surface area contributed by atoms with E-state index < -0.39 is 0 Å². The summed E-state index contributed by atoms with van der Waals surface area (Å²) in [4.78, 5) is 10.5. The van der Waals surface area contributed by atoms with Crippen LogP contribution in [-0.4, -0.2) is 36.3 Å². The molecular formula is C9H12N3O. The van der Waals surface area contributed by atoms with Gasteiger partial charge in [-0.1, -0.05) is 0 Å². The van der Waals surface area contributed by atoms with E-state index in [0.717, 1.165) is 32.1 Å². The van der Waals surface area contributed by atoms with Crippen molar-refractivity contribution in [2.75, 3.05) is 31.2 Å². The summed E-state index contributed by atoms with van der Waals surface area (Å²) in [6, 6.07) is 0. The predicted molar refractivity (Wildman–Crippen MR) is 49.5 cm³/mol. The fourth-order valence-electron chi connectivity index (χ4n) is 1.34. The number of anilines is 1. The summed E-state index contributed by atoms with van der Waals surface area (Å²) < 4.78 is 5.25. The van der Waals surface area contributed by atoms with E-state index in [-0.39, 0.29) is 0 Å². The lowest BCUT2D eigenvalue weighted by molar-refractivity contribution is 0.122. The Morgan fingerprint density at radius 3 is 2.77 bits per heavy atom. The maximum absolute atomic E-state index is 5.25. The highest BCUT2D eigenvalue weighted by molar-refractivity contribution is 5.36. The average Bonchev–Trinajstić information content (AvgIpc) is 2.19. The fraction of sp³-hybridized carbons (Fsp3) is 0.444. The van der Waals surface area contributed by atoms with Crippen molar-refractivity contribution in [3.63, 3.8) is 0 Å². The molecule has 1 fully saturated rings. The molecule has 4 nitrogen and oxygen atoms in total. The van der Waals surface area contributed by atoms with E-state index in [2.05, 4.69) is 21.8 Å². The number of hydrogen-bond acceptors (Lipinski definition) is 4. The van der Waals surface area contributed by atoms with Crippen LogP contribution in [0.5, 0.6) is 0 Å². The van der Waals surface area contributed by atoms with Crippen LogP contribution in [0.2, 0.25) is 0 Å². The Labute approximate surface area is 77.6 Å². The number of hydrogen-bond donors (Lipinski definition) is 0. The van der Waals surface area contributed by atoms with E-state index in [1.165, 1.54) is 0 Å². The van der Waals surface area contributed by atoms with Crippen molar-refractivity contribution in [2.45, 2.75) is 0 Å². The molecule has 69 valence electrons. The Bertz CT molecular complexity index is 284. The van der Waals surface area contributed by atoms with Crippen molar-refractivity contribution >= 4 is 5.82 Å². The van der Waals surface area contributed by atoms with Crippen molar-refractivity contribution in [3.8, 4) is 0 Å². The Morgan fingerprint density at radius 1 is 1.31 bits per heavy atom. The molecular weight excluding hydrogens is 166 g/mol. The quantitative estimate of drug-likeness (QED) is 0.627. The van der Waals surface area contributed by atoms with Crippen LogP contribution in [0, 0.1) is 6.92 Å². The van der Waals surface area contributed by atoms with Gasteiger partial charge in [-0.2, -0.15) is 0 Å². The first-order chi connectivity index (χ1) is 6.36.